The van der Waals surface area contributed by atoms with Crippen LogP contribution in [0, 0.1) is 13.7 Å². The third kappa shape index (κ3) is 2.00. The molecule has 0 spiro atoms. The molecule has 0 aliphatic heterocycles. The number of aromatic hydroxyl groups is 1. The Hall–Kier alpha value is -1.18. The van der Waals surface area contributed by atoms with Crippen LogP contribution >= 0.6 is 22.6 Å². The van der Waals surface area contributed by atoms with Crippen LogP contribution in [0.1, 0.15) is 17.3 Å². The number of carbonyl (C=O) groups excluding carboxylic acids is 1. The molecular formula is C8H6INO4. The Morgan fingerprint density at radius 1 is 1.57 bits per heavy atom. The minimum atomic E-state index is -0.693. The van der Waals surface area contributed by atoms with E-state index in [1.807, 2.05) is 22.6 Å². The van der Waals surface area contributed by atoms with Crippen LogP contribution in [0.4, 0.5) is 5.69 Å². The minimum Gasteiger partial charge on any atom is -0.502 e. The van der Waals surface area contributed by atoms with Crippen LogP contribution in [0.3, 0.4) is 0 Å². The quantitative estimate of drug-likeness (QED) is 0.393. The summed E-state index contributed by atoms with van der Waals surface area (Å²) in [5.74, 6) is -0.722. The Labute approximate surface area is 93.0 Å². The normalized spacial score (nSPS) is 9.86. The van der Waals surface area contributed by atoms with E-state index >= 15 is 0 Å². The van der Waals surface area contributed by atoms with Crippen LogP contribution in [0.2, 0.25) is 0 Å². The standard InChI is InChI=1S/C8H6INO4/c1-4(11)5-2-8(12)7(10(13)14)3-6(5)9/h2-3,12H,1H3. The lowest BCUT2D eigenvalue weighted by molar-refractivity contribution is -0.385. The first-order valence-corrected chi connectivity index (χ1v) is 4.69. The van der Waals surface area contributed by atoms with Gasteiger partial charge < -0.3 is 5.11 Å². The van der Waals surface area contributed by atoms with Crippen LogP contribution in [0.15, 0.2) is 12.1 Å². The van der Waals surface area contributed by atoms with Gasteiger partial charge in [-0.2, -0.15) is 0 Å². The van der Waals surface area contributed by atoms with Crippen molar-refractivity contribution in [2.24, 2.45) is 0 Å². The van der Waals surface area contributed by atoms with Crippen molar-refractivity contribution in [1.29, 1.82) is 0 Å². The molecule has 1 N–H and O–H groups in total. The molecule has 74 valence electrons. The van der Waals surface area contributed by atoms with E-state index in [0.29, 0.717) is 3.57 Å². The SMILES string of the molecule is CC(=O)c1cc(O)c([N+](=O)[O-])cc1I. The van der Waals surface area contributed by atoms with Crippen molar-refractivity contribution in [1.82, 2.24) is 0 Å². The average Bonchev–Trinajstić information content (AvgIpc) is 2.07. The number of nitro groups is 1. The molecule has 0 amide bonds. The van der Waals surface area contributed by atoms with Crippen molar-refractivity contribution in [3.05, 3.63) is 31.4 Å². The molecule has 0 aliphatic carbocycles. The summed E-state index contributed by atoms with van der Waals surface area (Å²) in [6.07, 6.45) is 0. The number of nitro benzene ring substituents is 1. The lowest BCUT2D eigenvalue weighted by Crippen LogP contribution is -1.98. The van der Waals surface area contributed by atoms with E-state index in [1.165, 1.54) is 13.0 Å². The third-order valence-electron chi connectivity index (χ3n) is 1.64. The van der Waals surface area contributed by atoms with E-state index in [-0.39, 0.29) is 17.0 Å². The summed E-state index contributed by atoms with van der Waals surface area (Å²) in [6, 6.07) is 2.29. The van der Waals surface area contributed by atoms with Crippen molar-refractivity contribution < 1.29 is 14.8 Å². The maximum absolute atomic E-state index is 11.0. The van der Waals surface area contributed by atoms with Crippen molar-refractivity contribution >= 4 is 34.1 Å². The summed E-state index contributed by atoms with van der Waals surface area (Å²) in [4.78, 5) is 20.7. The topological polar surface area (TPSA) is 80.4 Å². The number of nitrogens with zero attached hydrogens (tertiary/aromatic N) is 1. The van der Waals surface area contributed by atoms with Gasteiger partial charge in [0.05, 0.1) is 4.92 Å². The Bertz CT molecular complexity index is 376. The first-order valence-electron chi connectivity index (χ1n) is 3.61. The van der Waals surface area contributed by atoms with Crippen LogP contribution in [-0.4, -0.2) is 15.8 Å². The predicted octanol–water partition coefficient (Wildman–Crippen LogP) is 2.11. The highest BCUT2D eigenvalue weighted by molar-refractivity contribution is 14.1. The number of benzene rings is 1. The van der Waals surface area contributed by atoms with Gasteiger partial charge in [0.2, 0.25) is 0 Å². The van der Waals surface area contributed by atoms with Gasteiger partial charge in [0.1, 0.15) is 0 Å². The molecular weight excluding hydrogens is 301 g/mol. The van der Waals surface area contributed by atoms with Gasteiger partial charge >= 0.3 is 5.69 Å². The van der Waals surface area contributed by atoms with E-state index in [9.17, 15) is 20.0 Å². The molecule has 0 atom stereocenters. The molecule has 14 heavy (non-hydrogen) atoms. The van der Waals surface area contributed by atoms with E-state index in [4.69, 9.17) is 0 Å². The summed E-state index contributed by atoms with van der Waals surface area (Å²) in [5.41, 5.74) is -0.104. The summed E-state index contributed by atoms with van der Waals surface area (Å²) >= 11 is 1.81. The number of phenols is 1. The number of ketones is 1. The monoisotopic (exact) mass is 307 g/mol. The molecule has 0 aliphatic rings. The fourth-order valence-electron chi connectivity index (χ4n) is 0.967. The number of rotatable bonds is 2. The van der Waals surface area contributed by atoms with E-state index in [2.05, 4.69) is 0 Å². The highest BCUT2D eigenvalue weighted by atomic mass is 127. The van der Waals surface area contributed by atoms with E-state index < -0.39 is 10.7 Å². The molecule has 0 aromatic heterocycles. The van der Waals surface area contributed by atoms with Gasteiger partial charge in [-0.25, -0.2) is 0 Å². The molecule has 0 saturated heterocycles. The summed E-state index contributed by atoms with van der Waals surface area (Å²) in [6.45, 7) is 1.34. The van der Waals surface area contributed by atoms with Gasteiger partial charge in [-0.05, 0) is 35.6 Å². The summed E-state index contributed by atoms with van der Waals surface area (Å²) in [7, 11) is 0. The van der Waals surface area contributed by atoms with Crippen molar-refractivity contribution in [2.45, 2.75) is 6.92 Å². The van der Waals surface area contributed by atoms with Crippen molar-refractivity contribution in [2.75, 3.05) is 0 Å². The van der Waals surface area contributed by atoms with Gasteiger partial charge in [0, 0.05) is 15.2 Å². The molecule has 0 radical (unpaired) electrons. The molecule has 0 saturated carbocycles. The molecule has 0 bridgehead atoms. The Morgan fingerprint density at radius 2 is 2.14 bits per heavy atom. The Morgan fingerprint density at radius 3 is 2.57 bits per heavy atom. The number of halogens is 1. The lowest BCUT2D eigenvalue weighted by atomic mass is 10.1. The van der Waals surface area contributed by atoms with Gasteiger partial charge in [-0.15, -0.1) is 0 Å². The van der Waals surface area contributed by atoms with Gasteiger partial charge in [0.25, 0.3) is 0 Å². The van der Waals surface area contributed by atoms with Crippen LogP contribution < -0.4 is 0 Å². The van der Waals surface area contributed by atoms with E-state index in [0.717, 1.165) is 6.07 Å². The number of phenolic OH excluding ortho intramolecular Hbond substituents is 1. The highest BCUT2D eigenvalue weighted by Crippen LogP contribution is 2.30. The summed E-state index contributed by atoms with van der Waals surface area (Å²) in [5, 5.41) is 19.7. The Balaban J connectivity index is 3.38. The number of hydrogen-bond donors (Lipinski definition) is 1. The second-order valence-electron chi connectivity index (χ2n) is 2.63. The van der Waals surface area contributed by atoms with Crippen molar-refractivity contribution in [3.8, 4) is 5.75 Å². The minimum absolute atomic E-state index is 0.236. The lowest BCUT2D eigenvalue weighted by Gasteiger charge is -2.01. The fraction of sp³-hybridized carbons (Fsp3) is 0.125. The smallest absolute Gasteiger partial charge is 0.311 e. The fourth-order valence-corrected chi connectivity index (χ4v) is 1.80. The molecule has 0 heterocycles. The zero-order valence-corrected chi connectivity index (χ0v) is 9.31. The first-order chi connectivity index (χ1) is 6.43. The molecule has 1 aromatic carbocycles. The molecule has 5 nitrogen and oxygen atoms in total. The second kappa shape index (κ2) is 3.91. The maximum atomic E-state index is 11.0. The average molecular weight is 307 g/mol. The van der Waals surface area contributed by atoms with Crippen LogP contribution in [0.25, 0.3) is 0 Å². The molecule has 6 heteroatoms. The van der Waals surface area contributed by atoms with Crippen LogP contribution in [-0.2, 0) is 0 Å². The van der Waals surface area contributed by atoms with Gasteiger partial charge in [-0.3, -0.25) is 14.9 Å². The molecule has 1 aromatic rings. The third-order valence-corrected chi connectivity index (χ3v) is 2.53. The van der Waals surface area contributed by atoms with Gasteiger partial charge in [-0.1, -0.05) is 0 Å². The Kier molecular flexibility index (Phi) is 3.04. The molecule has 0 unspecified atom stereocenters. The number of hydrogen-bond acceptors (Lipinski definition) is 4. The van der Waals surface area contributed by atoms with Crippen LogP contribution in [0.5, 0.6) is 5.75 Å². The predicted molar refractivity (Wildman–Crippen MR) is 57.5 cm³/mol. The molecule has 1 rings (SSSR count). The first kappa shape index (κ1) is 10.9. The highest BCUT2D eigenvalue weighted by Gasteiger charge is 2.17. The maximum Gasteiger partial charge on any atom is 0.311 e. The zero-order chi connectivity index (χ0) is 10.9. The zero-order valence-electron chi connectivity index (χ0n) is 7.15. The largest absolute Gasteiger partial charge is 0.502 e. The van der Waals surface area contributed by atoms with Crippen molar-refractivity contribution in [3.63, 3.8) is 0 Å². The number of Topliss-reactive ketones (excluding diaryl/α,β-unsaturated/α-hetero) is 1. The van der Waals surface area contributed by atoms with E-state index in [1.54, 1.807) is 0 Å². The van der Waals surface area contributed by atoms with Gasteiger partial charge in [0.15, 0.2) is 11.5 Å². The molecule has 0 fully saturated rings. The number of carbonyl (C=O) groups is 1. The summed E-state index contributed by atoms with van der Waals surface area (Å²) < 4.78 is 0.458. The second-order valence-corrected chi connectivity index (χ2v) is 3.80.